The molecule has 2 rings (SSSR count). The van der Waals surface area contributed by atoms with Crippen molar-refractivity contribution in [2.75, 3.05) is 0 Å². The molecule has 0 bridgehead atoms. The Kier molecular flexibility index (Phi) is 3.05. The van der Waals surface area contributed by atoms with Crippen molar-refractivity contribution in [2.45, 2.75) is 37.6 Å². The molecule has 1 aromatic rings. The molecule has 0 aromatic heterocycles. The van der Waals surface area contributed by atoms with Crippen molar-refractivity contribution in [3.8, 4) is 0 Å². The molecule has 0 spiro atoms. The van der Waals surface area contributed by atoms with Crippen LogP contribution in [0.2, 0.25) is 0 Å². The van der Waals surface area contributed by atoms with Gasteiger partial charge in [0, 0.05) is 11.6 Å². The first-order valence-electron chi connectivity index (χ1n) is 5.54. The Morgan fingerprint density at radius 3 is 2.53 bits per heavy atom. The van der Waals surface area contributed by atoms with Gasteiger partial charge in [-0.15, -0.1) is 0 Å². The summed E-state index contributed by atoms with van der Waals surface area (Å²) in [6.07, 6.45) is 1.79. The normalized spacial score (nSPS) is 15.9. The van der Waals surface area contributed by atoms with Gasteiger partial charge in [0.1, 0.15) is 0 Å². The van der Waals surface area contributed by atoms with Crippen LogP contribution < -0.4 is 4.72 Å². The fourth-order valence-corrected chi connectivity index (χ4v) is 3.17. The van der Waals surface area contributed by atoms with E-state index in [1.54, 1.807) is 19.1 Å². The van der Waals surface area contributed by atoms with Crippen LogP contribution in [0, 0.1) is 6.92 Å². The summed E-state index contributed by atoms with van der Waals surface area (Å²) >= 11 is 0. The van der Waals surface area contributed by atoms with Crippen LogP contribution in [0.15, 0.2) is 23.1 Å². The SMILES string of the molecule is CC(=O)c1ccc(C)c(S(=O)(=O)NC2CC2)c1. The summed E-state index contributed by atoms with van der Waals surface area (Å²) in [5, 5.41) is 0. The minimum absolute atomic E-state index is 0.0698. The molecule has 0 saturated heterocycles. The molecule has 17 heavy (non-hydrogen) atoms. The minimum Gasteiger partial charge on any atom is -0.295 e. The predicted molar refractivity (Wildman–Crippen MR) is 64.5 cm³/mol. The van der Waals surface area contributed by atoms with Crippen molar-refractivity contribution in [3.63, 3.8) is 0 Å². The van der Waals surface area contributed by atoms with Gasteiger partial charge in [-0.2, -0.15) is 0 Å². The summed E-state index contributed by atoms with van der Waals surface area (Å²) < 4.78 is 26.7. The number of carbonyl (C=O) groups excluding carboxylic acids is 1. The summed E-state index contributed by atoms with van der Waals surface area (Å²) in [6.45, 7) is 3.15. The highest BCUT2D eigenvalue weighted by molar-refractivity contribution is 7.89. The van der Waals surface area contributed by atoms with Crippen LogP contribution in [0.25, 0.3) is 0 Å². The van der Waals surface area contributed by atoms with Gasteiger partial charge in [-0.05, 0) is 38.3 Å². The number of rotatable bonds is 4. The van der Waals surface area contributed by atoms with Gasteiger partial charge in [-0.25, -0.2) is 13.1 Å². The van der Waals surface area contributed by atoms with Gasteiger partial charge >= 0.3 is 0 Å². The third-order valence-corrected chi connectivity index (χ3v) is 4.45. The molecule has 1 fully saturated rings. The first-order chi connectivity index (χ1) is 7.90. The topological polar surface area (TPSA) is 63.2 Å². The van der Waals surface area contributed by atoms with Gasteiger partial charge in [-0.1, -0.05) is 12.1 Å². The lowest BCUT2D eigenvalue weighted by Gasteiger charge is -2.09. The first-order valence-corrected chi connectivity index (χ1v) is 7.02. The maximum Gasteiger partial charge on any atom is 0.241 e. The number of ketones is 1. The summed E-state index contributed by atoms with van der Waals surface area (Å²) in [7, 11) is -3.49. The second-order valence-electron chi connectivity index (χ2n) is 4.43. The number of sulfonamides is 1. The molecule has 1 N–H and O–H groups in total. The van der Waals surface area contributed by atoms with Crippen LogP contribution in [0.1, 0.15) is 35.7 Å². The average Bonchev–Trinajstić information content (AvgIpc) is 3.00. The van der Waals surface area contributed by atoms with Crippen molar-refractivity contribution >= 4 is 15.8 Å². The van der Waals surface area contributed by atoms with E-state index < -0.39 is 10.0 Å². The third-order valence-electron chi connectivity index (χ3n) is 2.78. The molecular formula is C12H15NO3S. The molecule has 0 aliphatic heterocycles. The van der Waals surface area contributed by atoms with Gasteiger partial charge in [0.25, 0.3) is 0 Å². The van der Waals surface area contributed by atoms with E-state index in [-0.39, 0.29) is 16.7 Å². The van der Waals surface area contributed by atoms with E-state index in [1.807, 2.05) is 0 Å². The van der Waals surface area contributed by atoms with Crippen molar-refractivity contribution in [1.82, 2.24) is 4.72 Å². The Labute approximate surface area is 101 Å². The maximum atomic E-state index is 12.1. The number of hydrogen-bond acceptors (Lipinski definition) is 3. The largest absolute Gasteiger partial charge is 0.295 e. The molecule has 1 aliphatic rings. The second-order valence-corrected chi connectivity index (χ2v) is 6.11. The molecule has 1 saturated carbocycles. The molecule has 92 valence electrons. The molecule has 0 radical (unpaired) electrons. The molecule has 0 unspecified atom stereocenters. The maximum absolute atomic E-state index is 12.1. The number of nitrogens with one attached hydrogen (secondary N) is 1. The number of carbonyl (C=O) groups is 1. The van der Waals surface area contributed by atoms with Crippen LogP contribution in [-0.2, 0) is 10.0 Å². The predicted octanol–water partition coefficient (Wildman–Crippen LogP) is 1.64. The molecule has 5 heteroatoms. The number of hydrogen-bond donors (Lipinski definition) is 1. The van der Waals surface area contributed by atoms with E-state index in [0.717, 1.165) is 12.8 Å². The smallest absolute Gasteiger partial charge is 0.241 e. The third kappa shape index (κ3) is 2.73. The lowest BCUT2D eigenvalue weighted by atomic mass is 10.1. The number of aryl methyl sites for hydroxylation is 1. The van der Waals surface area contributed by atoms with Gasteiger partial charge in [-0.3, -0.25) is 4.79 Å². The molecule has 0 atom stereocenters. The summed E-state index contributed by atoms with van der Waals surface area (Å²) in [5.41, 5.74) is 1.08. The minimum atomic E-state index is -3.49. The zero-order chi connectivity index (χ0) is 12.6. The summed E-state index contributed by atoms with van der Waals surface area (Å²) in [6, 6.07) is 4.83. The zero-order valence-corrected chi connectivity index (χ0v) is 10.7. The number of benzene rings is 1. The Hall–Kier alpha value is -1.20. The summed E-state index contributed by atoms with van der Waals surface area (Å²) in [5.74, 6) is -0.132. The van der Waals surface area contributed by atoms with E-state index in [9.17, 15) is 13.2 Å². The zero-order valence-electron chi connectivity index (χ0n) is 9.86. The molecule has 0 amide bonds. The highest BCUT2D eigenvalue weighted by Gasteiger charge is 2.29. The molecule has 4 nitrogen and oxygen atoms in total. The average molecular weight is 253 g/mol. The van der Waals surface area contributed by atoms with E-state index in [2.05, 4.69) is 4.72 Å². The second kappa shape index (κ2) is 4.23. The lowest BCUT2D eigenvalue weighted by molar-refractivity contribution is 0.101. The van der Waals surface area contributed by atoms with Crippen LogP contribution in [0.3, 0.4) is 0 Å². The molecular weight excluding hydrogens is 238 g/mol. The first kappa shape index (κ1) is 12.3. The fraction of sp³-hybridized carbons (Fsp3) is 0.417. The lowest BCUT2D eigenvalue weighted by Crippen LogP contribution is -2.26. The molecule has 1 aromatic carbocycles. The van der Waals surface area contributed by atoms with Gasteiger partial charge in [0.15, 0.2) is 5.78 Å². The van der Waals surface area contributed by atoms with E-state index >= 15 is 0 Å². The van der Waals surface area contributed by atoms with Gasteiger partial charge < -0.3 is 0 Å². The standard InChI is InChI=1S/C12H15NO3S/c1-8-3-4-10(9(2)14)7-12(8)17(15,16)13-11-5-6-11/h3-4,7,11,13H,5-6H2,1-2H3. The Morgan fingerprint density at radius 2 is 2.00 bits per heavy atom. The van der Waals surface area contributed by atoms with Crippen LogP contribution in [-0.4, -0.2) is 20.2 Å². The van der Waals surface area contributed by atoms with E-state index in [0.29, 0.717) is 11.1 Å². The molecule has 1 aliphatic carbocycles. The Morgan fingerprint density at radius 1 is 1.35 bits per heavy atom. The quantitative estimate of drug-likeness (QED) is 0.830. The fourth-order valence-electron chi connectivity index (χ4n) is 1.59. The van der Waals surface area contributed by atoms with E-state index in [4.69, 9.17) is 0 Å². The van der Waals surface area contributed by atoms with Crippen LogP contribution in [0.5, 0.6) is 0 Å². The van der Waals surface area contributed by atoms with E-state index in [1.165, 1.54) is 13.0 Å². The number of Topliss-reactive ketones (excluding diaryl/α,β-unsaturated/α-hetero) is 1. The Balaban J connectivity index is 2.42. The van der Waals surface area contributed by atoms with Crippen molar-refractivity contribution in [1.29, 1.82) is 0 Å². The Bertz CT molecular complexity index is 559. The van der Waals surface area contributed by atoms with Crippen molar-refractivity contribution in [3.05, 3.63) is 29.3 Å². The van der Waals surface area contributed by atoms with Gasteiger partial charge in [0.2, 0.25) is 10.0 Å². The van der Waals surface area contributed by atoms with Crippen molar-refractivity contribution in [2.24, 2.45) is 0 Å². The highest BCUT2D eigenvalue weighted by atomic mass is 32.2. The van der Waals surface area contributed by atoms with Gasteiger partial charge in [0.05, 0.1) is 4.90 Å². The van der Waals surface area contributed by atoms with Crippen LogP contribution >= 0.6 is 0 Å². The van der Waals surface area contributed by atoms with Crippen molar-refractivity contribution < 1.29 is 13.2 Å². The summed E-state index contributed by atoms with van der Waals surface area (Å²) in [4.78, 5) is 11.5. The van der Waals surface area contributed by atoms with Crippen LogP contribution in [0.4, 0.5) is 0 Å². The highest BCUT2D eigenvalue weighted by Crippen LogP contribution is 2.24. The monoisotopic (exact) mass is 253 g/mol. The molecule has 0 heterocycles.